The Hall–Kier alpha value is -0.860. The van der Waals surface area contributed by atoms with Crippen LogP contribution in [0.15, 0.2) is 30.3 Å². The van der Waals surface area contributed by atoms with Crippen molar-refractivity contribution in [1.29, 1.82) is 0 Å². The van der Waals surface area contributed by atoms with Gasteiger partial charge in [-0.05, 0) is 31.9 Å². The monoisotopic (exact) mass is 230 g/mol. The lowest BCUT2D eigenvalue weighted by Gasteiger charge is -2.32. The highest BCUT2D eigenvalue weighted by Crippen LogP contribution is 2.29. The van der Waals surface area contributed by atoms with E-state index >= 15 is 0 Å². The third-order valence-corrected chi connectivity index (χ3v) is 4.35. The summed E-state index contributed by atoms with van der Waals surface area (Å²) >= 11 is 0. The minimum Gasteiger partial charge on any atom is -0.284 e. The van der Waals surface area contributed by atoms with Crippen LogP contribution in [-0.2, 0) is 6.54 Å². The van der Waals surface area contributed by atoms with Gasteiger partial charge in [-0.2, -0.15) is 0 Å². The first-order chi connectivity index (χ1) is 8.34. The molecule has 1 aromatic carbocycles. The molecule has 2 aliphatic heterocycles. The van der Waals surface area contributed by atoms with Crippen LogP contribution in [0, 0.1) is 0 Å². The quantitative estimate of drug-likeness (QED) is 0.771. The van der Waals surface area contributed by atoms with Crippen molar-refractivity contribution in [1.82, 2.24) is 9.80 Å². The topological polar surface area (TPSA) is 6.48 Å². The van der Waals surface area contributed by atoms with Crippen LogP contribution in [0.3, 0.4) is 0 Å². The second-order valence-electron chi connectivity index (χ2n) is 5.43. The Morgan fingerprint density at radius 3 is 2.76 bits per heavy atom. The maximum Gasteiger partial charge on any atom is 0.0599 e. The first-order valence-corrected chi connectivity index (χ1v) is 6.88. The highest BCUT2D eigenvalue weighted by atomic mass is 15.4. The standard InChI is InChI=1S/C15H22N2/c1-13-16(11-14-7-3-2-4-8-14)12-15-9-5-6-10-17(13)15/h2-4,7-8,13,15H,5-6,9-12H2,1H3/t13-,15?/m1/s1. The fraction of sp³-hybridized carbons (Fsp3) is 0.600. The summed E-state index contributed by atoms with van der Waals surface area (Å²) in [6.07, 6.45) is 4.84. The maximum absolute atomic E-state index is 2.70. The molecule has 0 aromatic heterocycles. The van der Waals surface area contributed by atoms with Crippen molar-refractivity contribution in [3.63, 3.8) is 0 Å². The first-order valence-electron chi connectivity index (χ1n) is 6.88. The number of hydrogen-bond acceptors (Lipinski definition) is 2. The average molecular weight is 230 g/mol. The second kappa shape index (κ2) is 4.79. The number of hydrogen-bond donors (Lipinski definition) is 0. The molecule has 0 aliphatic carbocycles. The molecule has 2 nitrogen and oxygen atoms in total. The Balaban J connectivity index is 1.68. The van der Waals surface area contributed by atoms with Gasteiger partial charge in [-0.1, -0.05) is 36.8 Å². The molecule has 17 heavy (non-hydrogen) atoms. The van der Waals surface area contributed by atoms with Crippen LogP contribution in [0.2, 0.25) is 0 Å². The van der Waals surface area contributed by atoms with Gasteiger partial charge in [-0.3, -0.25) is 9.80 Å². The summed E-state index contributed by atoms with van der Waals surface area (Å²) in [5.74, 6) is 0. The molecule has 0 N–H and O–H groups in total. The lowest BCUT2D eigenvalue weighted by molar-refractivity contribution is 0.112. The van der Waals surface area contributed by atoms with Crippen molar-refractivity contribution in [2.75, 3.05) is 13.1 Å². The predicted molar refractivity (Wildman–Crippen MR) is 70.7 cm³/mol. The first kappa shape index (κ1) is 11.2. The Bertz CT molecular complexity index is 362. The van der Waals surface area contributed by atoms with Crippen molar-refractivity contribution in [2.45, 2.75) is 44.9 Å². The summed E-state index contributed by atoms with van der Waals surface area (Å²) in [6, 6.07) is 11.7. The van der Waals surface area contributed by atoms with E-state index in [9.17, 15) is 0 Å². The Morgan fingerprint density at radius 1 is 1.18 bits per heavy atom. The van der Waals surface area contributed by atoms with Crippen molar-refractivity contribution < 1.29 is 0 Å². The summed E-state index contributed by atoms with van der Waals surface area (Å²) in [5, 5.41) is 0. The molecule has 1 unspecified atom stereocenters. The molecule has 0 radical (unpaired) electrons. The van der Waals surface area contributed by atoms with Gasteiger partial charge in [-0.25, -0.2) is 0 Å². The molecule has 2 fully saturated rings. The molecule has 1 aromatic rings. The van der Waals surface area contributed by atoms with E-state index in [2.05, 4.69) is 47.1 Å². The predicted octanol–water partition coefficient (Wildman–Crippen LogP) is 2.70. The van der Waals surface area contributed by atoms with E-state index < -0.39 is 0 Å². The highest BCUT2D eigenvalue weighted by Gasteiger charge is 2.37. The van der Waals surface area contributed by atoms with Crippen LogP contribution >= 0.6 is 0 Å². The fourth-order valence-electron chi connectivity index (χ4n) is 3.36. The maximum atomic E-state index is 2.70. The Kier molecular flexibility index (Phi) is 3.17. The Labute approximate surface area is 104 Å². The van der Waals surface area contributed by atoms with Crippen LogP contribution in [0.5, 0.6) is 0 Å². The normalized spacial score (nSPS) is 30.4. The van der Waals surface area contributed by atoms with Crippen LogP contribution in [-0.4, -0.2) is 35.1 Å². The molecular weight excluding hydrogens is 208 g/mol. The molecule has 0 amide bonds. The third kappa shape index (κ3) is 2.24. The minimum absolute atomic E-state index is 0.625. The fourth-order valence-corrected chi connectivity index (χ4v) is 3.36. The van der Waals surface area contributed by atoms with E-state index in [0.717, 1.165) is 12.6 Å². The largest absolute Gasteiger partial charge is 0.284 e. The lowest BCUT2D eigenvalue weighted by Crippen LogP contribution is -2.41. The number of rotatable bonds is 2. The zero-order valence-corrected chi connectivity index (χ0v) is 10.7. The zero-order valence-electron chi connectivity index (χ0n) is 10.7. The van der Waals surface area contributed by atoms with Gasteiger partial charge >= 0.3 is 0 Å². The van der Waals surface area contributed by atoms with Crippen molar-refractivity contribution in [3.05, 3.63) is 35.9 Å². The van der Waals surface area contributed by atoms with Crippen LogP contribution in [0.4, 0.5) is 0 Å². The molecule has 2 aliphatic rings. The molecule has 0 spiro atoms. The molecule has 2 atom stereocenters. The van der Waals surface area contributed by atoms with Crippen molar-refractivity contribution in [2.24, 2.45) is 0 Å². The molecule has 2 saturated heterocycles. The van der Waals surface area contributed by atoms with Gasteiger partial charge in [0.15, 0.2) is 0 Å². The van der Waals surface area contributed by atoms with Gasteiger partial charge in [0.1, 0.15) is 0 Å². The summed E-state index contributed by atoms with van der Waals surface area (Å²) in [4.78, 5) is 5.33. The SMILES string of the molecule is C[C@@H]1N(Cc2ccccc2)CC2CCCCN21. The van der Waals surface area contributed by atoms with E-state index in [4.69, 9.17) is 0 Å². The number of piperidine rings is 1. The van der Waals surface area contributed by atoms with Crippen molar-refractivity contribution >= 4 is 0 Å². The second-order valence-corrected chi connectivity index (χ2v) is 5.43. The lowest BCUT2D eigenvalue weighted by atomic mass is 10.0. The van der Waals surface area contributed by atoms with E-state index in [0.29, 0.717) is 6.17 Å². The van der Waals surface area contributed by atoms with Gasteiger partial charge in [0.05, 0.1) is 6.17 Å². The van der Waals surface area contributed by atoms with Crippen LogP contribution in [0.25, 0.3) is 0 Å². The molecule has 2 heterocycles. The Morgan fingerprint density at radius 2 is 2.00 bits per heavy atom. The van der Waals surface area contributed by atoms with Gasteiger partial charge in [0.2, 0.25) is 0 Å². The summed E-state index contributed by atoms with van der Waals surface area (Å²) in [6.45, 7) is 6.04. The van der Waals surface area contributed by atoms with Gasteiger partial charge in [-0.15, -0.1) is 0 Å². The smallest absolute Gasteiger partial charge is 0.0599 e. The molecular formula is C15H22N2. The summed E-state index contributed by atoms with van der Waals surface area (Å²) in [5.41, 5.74) is 1.44. The van der Waals surface area contributed by atoms with Gasteiger partial charge in [0.25, 0.3) is 0 Å². The molecule has 0 saturated carbocycles. The number of nitrogens with zero attached hydrogens (tertiary/aromatic N) is 2. The molecule has 92 valence electrons. The van der Waals surface area contributed by atoms with Crippen LogP contribution < -0.4 is 0 Å². The zero-order chi connectivity index (χ0) is 11.7. The highest BCUT2D eigenvalue weighted by molar-refractivity contribution is 5.15. The minimum atomic E-state index is 0.625. The summed E-state index contributed by atoms with van der Waals surface area (Å²) < 4.78 is 0. The van der Waals surface area contributed by atoms with Crippen LogP contribution in [0.1, 0.15) is 31.7 Å². The van der Waals surface area contributed by atoms with E-state index in [1.54, 1.807) is 0 Å². The van der Waals surface area contributed by atoms with E-state index in [-0.39, 0.29) is 0 Å². The van der Waals surface area contributed by atoms with Gasteiger partial charge in [0, 0.05) is 19.1 Å². The van der Waals surface area contributed by atoms with Crippen molar-refractivity contribution in [3.8, 4) is 0 Å². The average Bonchev–Trinajstić information content (AvgIpc) is 2.68. The van der Waals surface area contributed by atoms with E-state index in [1.807, 2.05) is 0 Å². The van der Waals surface area contributed by atoms with Gasteiger partial charge < -0.3 is 0 Å². The summed E-state index contributed by atoms with van der Waals surface area (Å²) in [7, 11) is 0. The molecule has 0 bridgehead atoms. The van der Waals surface area contributed by atoms with E-state index in [1.165, 1.54) is 37.9 Å². The number of fused-ring (bicyclic) bond motifs is 1. The number of benzene rings is 1. The third-order valence-electron chi connectivity index (χ3n) is 4.35. The molecule has 2 heteroatoms. The molecule has 3 rings (SSSR count).